The predicted octanol–water partition coefficient (Wildman–Crippen LogP) is 1.43. The maximum atomic E-state index is 8.54. The molecule has 0 atom stereocenters. The second-order valence-electron chi connectivity index (χ2n) is 1.64. The lowest BCUT2D eigenvalue weighted by molar-refractivity contribution is 0.282. The predicted molar refractivity (Wildman–Crippen MR) is 42.3 cm³/mol. The second-order valence-corrected chi connectivity index (χ2v) is 1.64. The summed E-state index contributed by atoms with van der Waals surface area (Å²) in [4.78, 5) is 0. The highest BCUT2D eigenvalue weighted by atomic mass is 16.3. The highest BCUT2D eigenvalue weighted by Crippen LogP contribution is 1.95. The quantitative estimate of drug-likeness (QED) is 0.576. The van der Waals surface area contributed by atoms with Gasteiger partial charge in [0.1, 0.15) is 0 Å². The van der Waals surface area contributed by atoms with Crippen molar-refractivity contribution in [2.24, 2.45) is 0 Å². The molecule has 0 saturated heterocycles. The smallest absolute Gasteiger partial charge is 0.0681 e. The minimum atomic E-state index is 0.140. The van der Waals surface area contributed by atoms with Gasteiger partial charge in [0.15, 0.2) is 0 Å². The number of rotatable bonds is 1. The van der Waals surface area contributed by atoms with Gasteiger partial charge in [-0.15, -0.1) is 12.8 Å². The van der Waals surface area contributed by atoms with Gasteiger partial charge in [0.2, 0.25) is 0 Å². The SMILES string of the molecule is C#C.OCc1ccccc1. The summed E-state index contributed by atoms with van der Waals surface area (Å²) < 4.78 is 0. The van der Waals surface area contributed by atoms with Gasteiger partial charge >= 0.3 is 0 Å². The molecular weight excluding hydrogens is 124 g/mol. The minimum absolute atomic E-state index is 0.140. The Hall–Kier alpha value is -1.26. The van der Waals surface area contributed by atoms with E-state index in [9.17, 15) is 0 Å². The van der Waals surface area contributed by atoms with Crippen molar-refractivity contribution in [2.75, 3.05) is 0 Å². The number of aliphatic hydroxyl groups excluding tert-OH is 1. The van der Waals surface area contributed by atoms with Gasteiger partial charge in [-0.25, -0.2) is 0 Å². The Bertz CT molecular complexity index is 176. The third kappa shape index (κ3) is 2.91. The molecule has 1 aromatic carbocycles. The van der Waals surface area contributed by atoms with E-state index in [2.05, 4.69) is 12.8 Å². The average molecular weight is 134 g/mol. The molecule has 0 heterocycles. The van der Waals surface area contributed by atoms with Gasteiger partial charge in [-0.2, -0.15) is 0 Å². The number of terminal acetylenes is 1. The van der Waals surface area contributed by atoms with Crippen molar-refractivity contribution < 1.29 is 5.11 Å². The molecule has 0 saturated carbocycles. The van der Waals surface area contributed by atoms with Crippen molar-refractivity contribution in [3.8, 4) is 12.8 Å². The summed E-state index contributed by atoms with van der Waals surface area (Å²) in [6.07, 6.45) is 8.00. The van der Waals surface area contributed by atoms with Crippen LogP contribution in [0, 0.1) is 12.8 Å². The van der Waals surface area contributed by atoms with Crippen LogP contribution in [0.15, 0.2) is 30.3 Å². The van der Waals surface area contributed by atoms with E-state index in [1.165, 1.54) is 0 Å². The van der Waals surface area contributed by atoms with Crippen LogP contribution < -0.4 is 0 Å². The van der Waals surface area contributed by atoms with Crippen LogP contribution in [0.1, 0.15) is 5.56 Å². The van der Waals surface area contributed by atoms with Gasteiger partial charge in [0.25, 0.3) is 0 Å². The maximum Gasteiger partial charge on any atom is 0.0681 e. The maximum absolute atomic E-state index is 8.54. The van der Waals surface area contributed by atoms with Gasteiger partial charge in [0, 0.05) is 0 Å². The van der Waals surface area contributed by atoms with Crippen LogP contribution in [-0.4, -0.2) is 5.11 Å². The fraction of sp³-hybridized carbons (Fsp3) is 0.111. The third-order valence-electron chi connectivity index (χ3n) is 1.03. The van der Waals surface area contributed by atoms with E-state index in [-0.39, 0.29) is 6.61 Å². The molecule has 10 heavy (non-hydrogen) atoms. The van der Waals surface area contributed by atoms with Gasteiger partial charge in [-0.05, 0) is 5.56 Å². The van der Waals surface area contributed by atoms with Crippen molar-refractivity contribution in [3.05, 3.63) is 35.9 Å². The summed E-state index contributed by atoms with van der Waals surface area (Å²) in [6, 6.07) is 9.52. The third-order valence-corrected chi connectivity index (χ3v) is 1.03. The first-order chi connectivity index (χ1) is 4.93. The lowest BCUT2D eigenvalue weighted by Gasteiger charge is -1.89. The molecule has 0 spiro atoms. The molecular formula is C9H10O. The van der Waals surface area contributed by atoms with Crippen molar-refractivity contribution in [2.45, 2.75) is 6.61 Å². The van der Waals surface area contributed by atoms with Crippen LogP contribution in [0.2, 0.25) is 0 Å². The van der Waals surface area contributed by atoms with E-state index < -0.39 is 0 Å². The second kappa shape index (κ2) is 5.87. The minimum Gasteiger partial charge on any atom is -0.392 e. The Kier molecular flexibility index (Phi) is 5.13. The Morgan fingerprint density at radius 2 is 1.60 bits per heavy atom. The lowest BCUT2D eigenvalue weighted by Crippen LogP contribution is -1.77. The highest BCUT2D eigenvalue weighted by Gasteiger charge is 1.81. The van der Waals surface area contributed by atoms with Crippen LogP contribution in [0.3, 0.4) is 0 Å². The zero-order chi connectivity index (χ0) is 7.82. The number of aliphatic hydroxyl groups is 1. The fourth-order valence-electron chi connectivity index (χ4n) is 0.583. The lowest BCUT2D eigenvalue weighted by atomic mass is 10.2. The van der Waals surface area contributed by atoms with Crippen LogP contribution >= 0.6 is 0 Å². The molecule has 0 fully saturated rings. The summed E-state index contributed by atoms with van der Waals surface area (Å²) >= 11 is 0. The molecule has 1 rings (SSSR count). The van der Waals surface area contributed by atoms with Crippen LogP contribution in [-0.2, 0) is 6.61 Å². The first-order valence-corrected chi connectivity index (χ1v) is 2.91. The van der Waals surface area contributed by atoms with E-state index >= 15 is 0 Å². The van der Waals surface area contributed by atoms with Crippen molar-refractivity contribution in [3.63, 3.8) is 0 Å². The summed E-state index contributed by atoms with van der Waals surface area (Å²) in [6.45, 7) is 0.140. The largest absolute Gasteiger partial charge is 0.392 e. The van der Waals surface area contributed by atoms with E-state index in [0.29, 0.717) is 0 Å². The molecule has 52 valence electrons. The zero-order valence-corrected chi connectivity index (χ0v) is 5.70. The highest BCUT2D eigenvalue weighted by molar-refractivity contribution is 5.12. The van der Waals surface area contributed by atoms with Crippen molar-refractivity contribution in [1.29, 1.82) is 0 Å². The topological polar surface area (TPSA) is 20.2 Å². The van der Waals surface area contributed by atoms with Gasteiger partial charge in [0.05, 0.1) is 6.61 Å². The normalized spacial score (nSPS) is 7.50. The van der Waals surface area contributed by atoms with Gasteiger partial charge < -0.3 is 5.11 Å². The molecule has 0 bridgehead atoms. The summed E-state index contributed by atoms with van der Waals surface area (Å²) in [5, 5.41) is 8.54. The van der Waals surface area contributed by atoms with E-state index in [0.717, 1.165) is 5.56 Å². The summed E-state index contributed by atoms with van der Waals surface area (Å²) in [5.74, 6) is 0. The Morgan fingerprint density at radius 1 is 1.10 bits per heavy atom. The molecule has 0 aliphatic heterocycles. The number of hydrogen-bond acceptors (Lipinski definition) is 1. The Balaban J connectivity index is 0.000000371. The average Bonchev–Trinajstić information content (AvgIpc) is 2.10. The molecule has 1 N–H and O–H groups in total. The fourth-order valence-corrected chi connectivity index (χ4v) is 0.583. The first kappa shape index (κ1) is 8.74. The van der Waals surface area contributed by atoms with Crippen LogP contribution in [0.25, 0.3) is 0 Å². The standard InChI is InChI=1S/C7H8O.C2H2/c8-6-7-4-2-1-3-5-7;1-2/h1-5,8H,6H2;1-2H. The number of hydrogen-bond donors (Lipinski definition) is 1. The van der Waals surface area contributed by atoms with Gasteiger partial charge in [-0.3, -0.25) is 0 Å². The molecule has 0 amide bonds. The Morgan fingerprint density at radius 3 is 1.90 bits per heavy atom. The Labute approximate surface area is 61.3 Å². The van der Waals surface area contributed by atoms with E-state index in [1.807, 2.05) is 30.3 Å². The molecule has 0 radical (unpaired) electrons. The zero-order valence-electron chi connectivity index (χ0n) is 5.70. The molecule has 0 unspecified atom stereocenters. The molecule has 1 heteroatoms. The summed E-state index contributed by atoms with van der Waals surface area (Å²) in [7, 11) is 0. The molecule has 0 aliphatic carbocycles. The monoisotopic (exact) mass is 134 g/mol. The molecule has 0 aliphatic rings. The van der Waals surface area contributed by atoms with Crippen molar-refractivity contribution >= 4 is 0 Å². The van der Waals surface area contributed by atoms with Crippen molar-refractivity contribution in [1.82, 2.24) is 0 Å². The molecule has 0 aromatic heterocycles. The van der Waals surface area contributed by atoms with E-state index in [1.54, 1.807) is 0 Å². The van der Waals surface area contributed by atoms with Gasteiger partial charge in [-0.1, -0.05) is 30.3 Å². The van der Waals surface area contributed by atoms with E-state index in [4.69, 9.17) is 5.11 Å². The number of benzene rings is 1. The molecule has 1 aromatic rings. The van der Waals surface area contributed by atoms with Crippen LogP contribution in [0.5, 0.6) is 0 Å². The summed E-state index contributed by atoms with van der Waals surface area (Å²) in [5.41, 5.74) is 0.965. The molecule has 1 nitrogen and oxygen atoms in total. The first-order valence-electron chi connectivity index (χ1n) is 2.91. The van der Waals surface area contributed by atoms with Crippen LogP contribution in [0.4, 0.5) is 0 Å².